The van der Waals surface area contributed by atoms with E-state index in [1.807, 2.05) is 24.3 Å². The van der Waals surface area contributed by atoms with Crippen molar-refractivity contribution in [3.8, 4) is 17.2 Å². The summed E-state index contributed by atoms with van der Waals surface area (Å²) in [6, 6.07) is 14.6. The van der Waals surface area contributed by atoms with E-state index >= 15 is 0 Å². The Bertz CT molecular complexity index is 652. The fraction of sp³-hybridized carbons (Fsp3) is 0.368. The molecule has 0 bridgehead atoms. The van der Waals surface area contributed by atoms with Gasteiger partial charge in [0.15, 0.2) is 11.5 Å². The highest BCUT2D eigenvalue weighted by Crippen LogP contribution is 2.33. The van der Waals surface area contributed by atoms with E-state index in [1.54, 1.807) is 7.11 Å². The zero-order chi connectivity index (χ0) is 16.2. The lowest BCUT2D eigenvalue weighted by molar-refractivity contribution is 0.174. The second-order valence-corrected chi connectivity index (χ2v) is 6.06. The molecule has 2 aromatic rings. The maximum absolute atomic E-state index is 5.44. The lowest BCUT2D eigenvalue weighted by Crippen LogP contribution is -2.25. The molecule has 3 rings (SSSR count). The molecule has 122 valence electrons. The van der Waals surface area contributed by atoms with E-state index < -0.39 is 0 Å². The van der Waals surface area contributed by atoms with Gasteiger partial charge in [0.05, 0.1) is 7.11 Å². The van der Waals surface area contributed by atoms with E-state index in [9.17, 15) is 0 Å². The largest absolute Gasteiger partial charge is 0.497 e. The summed E-state index contributed by atoms with van der Waals surface area (Å²) in [7, 11) is 1.69. The van der Waals surface area contributed by atoms with Gasteiger partial charge in [0.25, 0.3) is 0 Å². The Balaban J connectivity index is 1.69. The summed E-state index contributed by atoms with van der Waals surface area (Å²) in [5, 5.41) is 3.64. The fourth-order valence-electron chi connectivity index (χ4n) is 2.83. The van der Waals surface area contributed by atoms with Gasteiger partial charge < -0.3 is 19.5 Å². The monoisotopic (exact) mass is 313 g/mol. The third kappa shape index (κ3) is 3.59. The summed E-state index contributed by atoms with van der Waals surface area (Å²) in [4.78, 5) is 0. The SMILES string of the molecule is COc1ccc(C(NCc2ccc3c(c2)OCO3)C(C)C)cc1. The minimum atomic E-state index is 0.284. The van der Waals surface area contributed by atoms with Crippen molar-refractivity contribution in [2.75, 3.05) is 13.9 Å². The van der Waals surface area contributed by atoms with Crippen LogP contribution in [0.2, 0.25) is 0 Å². The predicted octanol–water partition coefficient (Wildman–Crippen LogP) is 3.91. The first-order chi connectivity index (χ1) is 11.2. The number of ether oxygens (including phenoxy) is 3. The van der Waals surface area contributed by atoms with Crippen LogP contribution in [0.3, 0.4) is 0 Å². The number of benzene rings is 2. The van der Waals surface area contributed by atoms with E-state index in [0.717, 1.165) is 23.8 Å². The molecular weight excluding hydrogens is 290 g/mol. The highest BCUT2D eigenvalue weighted by Gasteiger charge is 2.17. The molecule has 0 saturated heterocycles. The first kappa shape index (κ1) is 15.7. The van der Waals surface area contributed by atoms with Gasteiger partial charge >= 0.3 is 0 Å². The van der Waals surface area contributed by atoms with Crippen molar-refractivity contribution in [3.05, 3.63) is 53.6 Å². The molecule has 1 unspecified atom stereocenters. The van der Waals surface area contributed by atoms with Gasteiger partial charge in [-0.3, -0.25) is 0 Å². The molecule has 2 aromatic carbocycles. The second-order valence-electron chi connectivity index (χ2n) is 6.06. The highest BCUT2D eigenvalue weighted by atomic mass is 16.7. The number of nitrogens with one attached hydrogen (secondary N) is 1. The van der Waals surface area contributed by atoms with Crippen LogP contribution < -0.4 is 19.5 Å². The van der Waals surface area contributed by atoms with Crippen molar-refractivity contribution < 1.29 is 14.2 Å². The normalized spacial score (nSPS) is 14.1. The van der Waals surface area contributed by atoms with Crippen molar-refractivity contribution in [1.29, 1.82) is 0 Å². The summed E-state index contributed by atoms with van der Waals surface area (Å²) < 4.78 is 16.0. The van der Waals surface area contributed by atoms with Crippen molar-refractivity contribution >= 4 is 0 Å². The van der Waals surface area contributed by atoms with Gasteiger partial charge in [0.2, 0.25) is 6.79 Å². The van der Waals surface area contributed by atoms with Gasteiger partial charge in [-0.1, -0.05) is 32.0 Å². The van der Waals surface area contributed by atoms with Crippen LogP contribution in [0.5, 0.6) is 17.2 Å². The van der Waals surface area contributed by atoms with Crippen LogP contribution in [0.4, 0.5) is 0 Å². The van der Waals surface area contributed by atoms with Gasteiger partial charge in [-0.15, -0.1) is 0 Å². The maximum Gasteiger partial charge on any atom is 0.231 e. The molecule has 1 atom stereocenters. The Hall–Kier alpha value is -2.20. The molecule has 1 N–H and O–H groups in total. The molecule has 1 heterocycles. The lowest BCUT2D eigenvalue weighted by atomic mass is 9.95. The molecule has 1 aliphatic rings. The number of rotatable bonds is 6. The van der Waals surface area contributed by atoms with Gasteiger partial charge in [-0.2, -0.15) is 0 Å². The fourth-order valence-corrected chi connectivity index (χ4v) is 2.83. The molecule has 0 saturated carbocycles. The first-order valence-electron chi connectivity index (χ1n) is 7.93. The van der Waals surface area contributed by atoms with Crippen LogP contribution in [0.15, 0.2) is 42.5 Å². The second kappa shape index (κ2) is 6.92. The van der Waals surface area contributed by atoms with Gasteiger partial charge in [-0.25, -0.2) is 0 Å². The third-order valence-corrected chi connectivity index (χ3v) is 4.10. The zero-order valence-corrected chi connectivity index (χ0v) is 13.8. The Morgan fingerprint density at radius 2 is 1.78 bits per heavy atom. The summed E-state index contributed by atoms with van der Waals surface area (Å²) in [5.74, 6) is 3.02. The van der Waals surface area contributed by atoms with Crippen molar-refractivity contribution in [2.45, 2.75) is 26.4 Å². The molecule has 0 aromatic heterocycles. The van der Waals surface area contributed by atoms with Crippen LogP contribution in [0.1, 0.15) is 31.0 Å². The average Bonchev–Trinajstić information content (AvgIpc) is 3.03. The van der Waals surface area contributed by atoms with Crippen LogP contribution in [0.25, 0.3) is 0 Å². The molecule has 1 aliphatic heterocycles. The quantitative estimate of drug-likeness (QED) is 0.877. The van der Waals surface area contributed by atoms with Crippen molar-refractivity contribution in [1.82, 2.24) is 5.32 Å². The molecule has 23 heavy (non-hydrogen) atoms. The van der Waals surface area contributed by atoms with Crippen LogP contribution in [0, 0.1) is 5.92 Å². The Morgan fingerprint density at radius 3 is 2.48 bits per heavy atom. The molecule has 0 aliphatic carbocycles. The average molecular weight is 313 g/mol. The van der Waals surface area contributed by atoms with E-state index in [-0.39, 0.29) is 6.04 Å². The molecule has 0 spiro atoms. The summed E-state index contributed by atoms with van der Waals surface area (Å²) in [6.45, 7) is 5.54. The van der Waals surface area contributed by atoms with Crippen molar-refractivity contribution in [2.24, 2.45) is 5.92 Å². The Kier molecular flexibility index (Phi) is 4.72. The van der Waals surface area contributed by atoms with Gasteiger partial charge in [0.1, 0.15) is 5.75 Å². The summed E-state index contributed by atoms with van der Waals surface area (Å²) in [5.41, 5.74) is 2.45. The molecule has 0 amide bonds. The first-order valence-corrected chi connectivity index (χ1v) is 7.93. The highest BCUT2D eigenvalue weighted by molar-refractivity contribution is 5.44. The number of methoxy groups -OCH3 is 1. The van der Waals surface area contributed by atoms with E-state index in [4.69, 9.17) is 14.2 Å². The lowest BCUT2D eigenvalue weighted by Gasteiger charge is -2.23. The van der Waals surface area contributed by atoms with E-state index in [1.165, 1.54) is 11.1 Å². The number of fused-ring (bicyclic) bond motifs is 1. The van der Waals surface area contributed by atoms with Crippen LogP contribution >= 0.6 is 0 Å². The van der Waals surface area contributed by atoms with E-state index in [0.29, 0.717) is 12.7 Å². The summed E-state index contributed by atoms with van der Waals surface area (Å²) >= 11 is 0. The molecule has 4 heteroatoms. The minimum absolute atomic E-state index is 0.284. The Morgan fingerprint density at radius 1 is 1.04 bits per heavy atom. The Labute approximate surface area is 137 Å². The maximum atomic E-state index is 5.44. The van der Waals surface area contributed by atoms with Gasteiger partial charge in [0, 0.05) is 12.6 Å². The van der Waals surface area contributed by atoms with Crippen molar-refractivity contribution in [3.63, 3.8) is 0 Å². The molecular formula is C19H23NO3. The summed E-state index contributed by atoms with van der Waals surface area (Å²) in [6.07, 6.45) is 0. The smallest absolute Gasteiger partial charge is 0.231 e. The zero-order valence-electron chi connectivity index (χ0n) is 13.8. The molecule has 0 fully saturated rings. The minimum Gasteiger partial charge on any atom is -0.497 e. The number of hydrogen-bond acceptors (Lipinski definition) is 4. The third-order valence-electron chi connectivity index (χ3n) is 4.10. The predicted molar refractivity (Wildman–Crippen MR) is 90.0 cm³/mol. The van der Waals surface area contributed by atoms with Crippen LogP contribution in [-0.2, 0) is 6.54 Å². The van der Waals surface area contributed by atoms with Gasteiger partial charge in [-0.05, 0) is 41.3 Å². The molecule has 0 radical (unpaired) electrons. The number of hydrogen-bond donors (Lipinski definition) is 1. The van der Waals surface area contributed by atoms with Crippen LogP contribution in [-0.4, -0.2) is 13.9 Å². The standard InChI is InChI=1S/C19H23NO3/c1-13(2)19(15-5-7-16(21-3)8-6-15)20-11-14-4-9-17-18(10-14)23-12-22-17/h4-10,13,19-20H,11-12H2,1-3H3. The molecule has 4 nitrogen and oxygen atoms in total. The van der Waals surface area contributed by atoms with E-state index in [2.05, 4.69) is 37.4 Å². The topological polar surface area (TPSA) is 39.7 Å².